The molecular weight excluding hydrogens is 324 g/mol. The highest BCUT2D eigenvalue weighted by Gasteiger charge is 2.31. The van der Waals surface area contributed by atoms with E-state index in [4.69, 9.17) is 4.74 Å². The van der Waals surface area contributed by atoms with Gasteiger partial charge >= 0.3 is 0 Å². The molecule has 1 saturated heterocycles. The number of hydrogen-bond acceptors (Lipinski definition) is 5. The van der Waals surface area contributed by atoms with Crippen molar-refractivity contribution in [2.45, 2.75) is 32.7 Å². The molecule has 0 aliphatic carbocycles. The molecule has 1 amide bonds. The van der Waals surface area contributed by atoms with Crippen molar-refractivity contribution in [1.82, 2.24) is 9.88 Å². The molecule has 6 heteroatoms. The summed E-state index contributed by atoms with van der Waals surface area (Å²) in [6.45, 7) is 5.19. The number of aliphatic hydroxyl groups is 1. The number of aliphatic hydroxyl groups excluding tert-OH is 1. The highest BCUT2D eigenvalue weighted by Crippen LogP contribution is 2.31. The van der Waals surface area contributed by atoms with Gasteiger partial charge in [-0.1, -0.05) is 0 Å². The zero-order chi connectivity index (χ0) is 17.1. The van der Waals surface area contributed by atoms with Crippen LogP contribution >= 0.6 is 11.3 Å². The van der Waals surface area contributed by atoms with Crippen LogP contribution in [-0.2, 0) is 0 Å². The molecular formula is C18H22N2O3S. The lowest BCUT2D eigenvalue weighted by molar-refractivity contribution is 0.0681. The number of hydrogen-bond donors (Lipinski definition) is 1. The number of carbonyl (C=O) groups excluding carboxylic acids is 1. The first kappa shape index (κ1) is 16.9. The minimum absolute atomic E-state index is 0.0151. The smallest absolute Gasteiger partial charge is 0.266 e. The average molecular weight is 346 g/mol. The Kier molecular flexibility index (Phi) is 5.16. The topological polar surface area (TPSA) is 62.7 Å². The molecule has 1 atom stereocenters. The molecule has 1 aromatic carbocycles. The second-order valence-electron chi connectivity index (χ2n) is 5.87. The van der Waals surface area contributed by atoms with E-state index in [1.807, 2.05) is 38.1 Å². The standard InChI is InChI=1S/C18H22N2O3S/c1-3-23-15-8-6-13(7-9-15)17-19-12(2)16(24-17)18(22)20-10-4-5-14(20)11-21/h6-9,14,21H,3-5,10-11H2,1-2H3/t14-/m1/s1. The third-order valence-electron chi connectivity index (χ3n) is 4.25. The number of ether oxygens (including phenoxy) is 1. The lowest BCUT2D eigenvalue weighted by Crippen LogP contribution is -2.37. The predicted molar refractivity (Wildman–Crippen MR) is 94.6 cm³/mol. The van der Waals surface area contributed by atoms with Crippen molar-refractivity contribution in [3.8, 4) is 16.3 Å². The lowest BCUT2D eigenvalue weighted by atomic mass is 10.2. The van der Waals surface area contributed by atoms with E-state index in [9.17, 15) is 9.90 Å². The zero-order valence-corrected chi connectivity index (χ0v) is 14.8. The van der Waals surface area contributed by atoms with E-state index in [1.54, 1.807) is 4.90 Å². The number of aromatic nitrogens is 1. The zero-order valence-electron chi connectivity index (χ0n) is 14.0. The maximum Gasteiger partial charge on any atom is 0.266 e. The van der Waals surface area contributed by atoms with Crippen molar-refractivity contribution in [3.63, 3.8) is 0 Å². The van der Waals surface area contributed by atoms with E-state index in [1.165, 1.54) is 11.3 Å². The van der Waals surface area contributed by atoms with Gasteiger partial charge in [0.25, 0.3) is 5.91 Å². The van der Waals surface area contributed by atoms with Crippen LogP contribution in [0.3, 0.4) is 0 Å². The molecule has 1 N–H and O–H groups in total. The summed E-state index contributed by atoms with van der Waals surface area (Å²) in [4.78, 5) is 19.8. The first-order chi connectivity index (χ1) is 11.6. The van der Waals surface area contributed by atoms with E-state index >= 15 is 0 Å². The Balaban J connectivity index is 1.83. The third-order valence-corrected chi connectivity index (χ3v) is 5.45. The Bertz CT molecular complexity index is 712. The van der Waals surface area contributed by atoms with Crippen LogP contribution in [-0.4, -0.2) is 46.7 Å². The van der Waals surface area contributed by atoms with E-state index < -0.39 is 0 Å². The van der Waals surface area contributed by atoms with Crippen LogP contribution in [0.25, 0.3) is 10.6 Å². The molecule has 2 heterocycles. The fourth-order valence-corrected chi connectivity index (χ4v) is 4.03. The third kappa shape index (κ3) is 3.30. The Morgan fingerprint density at radius 1 is 1.42 bits per heavy atom. The quantitative estimate of drug-likeness (QED) is 0.903. The molecule has 0 radical (unpaired) electrons. The Morgan fingerprint density at radius 2 is 2.17 bits per heavy atom. The maximum absolute atomic E-state index is 12.8. The highest BCUT2D eigenvalue weighted by molar-refractivity contribution is 7.17. The Morgan fingerprint density at radius 3 is 2.83 bits per heavy atom. The molecule has 1 aromatic heterocycles. The summed E-state index contributed by atoms with van der Waals surface area (Å²) in [6, 6.07) is 7.69. The van der Waals surface area contributed by atoms with Crippen LogP contribution < -0.4 is 4.74 Å². The van der Waals surface area contributed by atoms with Gasteiger partial charge in [0.05, 0.1) is 24.9 Å². The fraction of sp³-hybridized carbons (Fsp3) is 0.444. The van der Waals surface area contributed by atoms with Crippen molar-refractivity contribution in [2.24, 2.45) is 0 Å². The number of aryl methyl sites for hydroxylation is 1. The van der Waals surface area contributed by atoms with Gasteiger partial charge < -0.3 is 14.7 Å². The number of carbonyl (C=O) groups is 1. The van der Waals surface area contributed by atoms with Gasteiger partial charge in [0.15, 0.2) is 0 Å². The van der Waals surface area contributed by atoms with Crippen LogP contribution in [0.15, 0.2) is 24.3 Å². The SMILES string of the molecule is CCOc1ccc(-c2nc(C)c(C(=O)N3CCC[C@@H]3CO)s2)cc1. The minimum atomic E-state index is -0.0621. The maximum atomic E-state index is 12.8. The van der Waals surface area contributed by atoms with Gasteiger partial charge in [-0.05, 0) is 51.0 Å². The summed E-state index contributed by atoms with van der Waals surface area (Å²) in [5.41, 5.74) is 1.73. The molecule has 0 spiro atoms. The molecule has 2 aromatic rings. The van der Waals surface area contributed by atoms with E-state index in [0.29, 0.717) is 18.0 Å². The number of thiazole rings is 1. The van der Waals surface area contributed by atoms with Gasteiger partial charge in [-0.15, -0.1) is 11.3 Å². The normalized spacial score (nSPS) is 17.3. The van der Waals surface area contributed by atoms with Crippen molar-refractivity contribution in [1.29, 1.82) is 0 Å². The first-order valence-electron chi connectivity index (χ1n) is 8.26. The second-order valence-corrected chi connectivity index (χ2v) is 6.87. The fourth-order valence-electron chi connectivity index (χ4n) is 3.00. The van der Waals surface area contributed by atoms with Crippen LogP contribution in [0.1, 0.15) is 35.1 Å². The van der Waals surface area contributed by atoms with Crippen molar-refractivity contribution < 1.29 is 14.6 Å². The van der Waals surface area contributed by atoms with Crippen LogP contribution in [0, 0.1) is 6.92 Å². The minimum Gasteiger partial charge on any atom is -0.494 e. The summed E-state index contributed by atoms with van der Waals surface area (Å²) in [7, 11) is 0. The molecule has 0 saturated carbocycles. The van der Waals surface area contributed by atoms with Gasteiger partial charge in [0.2, 0.25) is 0 Å². The van der Waals surface area contributed by atoms with E-state index in [-0.39, 0.29) is 18.6 Å². The highest BCUT2D eigenvalue weighted by atomic mass is 32.1. The second kappa shape index (κ2) is 7.32. The molecule has 5 nitrogen and oxygen atoms in total. The molecule has 128 valence electrons. The average Bonchev–Trinajstić information content (AvgIpc) is 3.21. The summed E-state index contributed by atoms with van der Waals surface area (Å²) in [5, 5.41) is 10.3. The summed E-state index contributed by atoms with van der Waals surface area (Å²) < 4.78 is 5.45. The lowest BCUT2D eigenvalue weighted by Gasteiger charge is -2.22. The molecule has 24 heavy (non-hydrogen) atoms. The summed E-state index contributed by atoms with van der Waals surface area (Å²) in [5.74, 6) is 0.812. The van der Waals surface area contributed by atoms with E-state index in [2.05, 4.69) is 4.98 Å². The monoisotopic (exact) mass is 346 g/mol. The molecule has 0 bridgehead atoms. The van der Waals surface area contributed by atoms with Crippen LogP contribution in [0.5, 0.6) is 5.75 Å². The number of likely N-dealkylation sites (tertiary alicyclic amines) is 1. The Hall–Kier alpha value is -1.92. The van der Waals surface area contributed by atoms with E-state index in [0.717, 1.165) is 34.9 Å². The molecule has 1 aliphatic rings. The van der Waals surface area contributed by atoms with Crippen molar-refractivity contribution >= 4 is 17.2 Å². The molecule has 1 aliphatic heterocycles. The summed E-state index contributed by atoms with van der Waals surface area (Å²) >= 11 is 1.41. The van der Waals surface area contributed by atoms with Gasteiger partial charge in [-0.3, -0.25) is 4.79 Å². The largest absolute Gasteiger partial charge is 0.494 e. The first-order valence-corrected chi connectivity index (χ1v) is 9.08. The predicted octanol–water partition coefficient (Wildman–Crippen LogP) is 3.11. The number of benzene rings is 1. The molecule has 1 fully saturated rings. The van der Waals surface area contributed by atoms with Gasteiger partial charge in [-0.2, -0.15) is 0 Å². The number of rotatable bonds is 5. The number of nitrogens with zero attached hydrogens (tertiary/aromatic N) is 2. The summed E-state index contributed by atoms with van der Waals surface area (Å²) in [6.07, 6.45) is 1.81. The molecule has 0 unspecified atom stereocenters. The van der Waals surface area contributed by atoms with Gasteiger partial charge in [0.1, 0.15) is 15.6 Å². The molecule has 3 rings (SSSR count). The van der Waals surface area contributed by atoms with Gasteiger partial charge in [0, 0.05) is 12.1 Å². The Labute approximate surface area is 145 Å². The van der Waals surface area contributed by atoms with Crippen LogP contribution in [0.2, 0.25) is 0 Å². The van der Waals surface area contributed by atoms with Crippen molar-refractivity contribution in [3.05, 3.63) is 34.8 Å². The van der Waals surface area contributed by atoms with Crippen LogP contribution in [0.4, 0.5) is 0 Å². The number of amides is 1. The van der Waals surface area contributed by atoms with Gasteiger partial charge in [-0.25, -0.2) is 4.98 Å². The van der Waals surface area contributed by atoms with Crippen molar-refractivity contribution in [2.75, 3.05) is 19.8 Å².